The molecule has 3 heterocycles. The number of halogens is 1. The van der Waals surface area contributed by atoms with Crippen molar-refractivity contribution in [1.29, 1.82) is 0 Å². The molecular formula is C19H38IN5O2. The summed E-state index contributed by atoms with van der Waals surface area (Å²) in [5.74, 6) is 1.08. The number of likely N-dealkylation sites (tertiary alicyclic amines) is 1. The van der Waals surface area contributed by atoms with Gasteiger partial charge < -0.3 is 19.7 Å². The van der Waals surface area contributed by atoms with Crippen LogP contribution in [0.25, 0.3) is 0 Å². The van der Waals surface area contributed by atoms with Gasteiger partial charge in [0.1, 0.15) is 0 Å². The van der Waals surface area contributed by atoms with Gasteiger partial charge in [0.05, 0.1) is 33.0 Å². The van der Waals surface area contributed by atoms with E-state index in [1.807, 2.05) is 0 Å². The van der Waals surface area contributed by atoms with Gasteiger partial charge in [0, 0.05) is 57.4 Å². The van der Waals surface area contributed by atoms with Gasteiger partial charge in [-0.15, -0.1) is 24.0 Å². The minimum Gasteiger partial charge on any atom is -0.379 e. The van der Waals surface area contributed by atoms with Crippen LogP contribution in [0.2, 0.25) is 0 Å². The summed E-state index contributed by atoms with van der Waals surface area (Å²) in [5.41, 5.74) is 0. The molecule has 158 valence electrons. The average molecular weight is 495 g/mol. The topological polar surface area (TPSA) is 52.6 Å². The molecule has 3 saturated heterocycles. The number of aliphatic imine (C=N–C) groups is 1. The van der Waals surface area contributed by atoms with Crippen LogP contribution in [0, 0.1) is 0 Å². The van der Waals surface area contributed by atoms with Crippen LogP contribution in [-0.4, -0.2) is 111 Å². The van der Waals surface area contributed by atoms with Crippen molar-refractivity contribution in [3.63, 3.8) is 0 Å². The van der Waals surface area contributed by atoms with E-state index in [0.29, 0.717) is 18.1 Å². The predicted molar refractivity (Wildman–Crippen MR) is 120 cm³/mol. The zero-order valence-electron chi connectivity index (χ0n) is 17.2. The Morgan fingerprint density at radius 1 is 1.15 bits per heavy atom. The number of nitrogens with one attached hydrogen (secondary N) is 1. The number of ether oxygens (including phenoxy) is 2. The van der Waals surface area contributed by atoms with Gasteiger partial charge in [-0.3, -0.25) is 14.8 Å². The van der Waals surface area contributed by atoms with Crippen LogP contribution in [-0.2, 0) is 9.47 Å². The molecule has 3 fully saturated rings. The Labute approximate surface area is 181 Å². The monoisotopic (exact) mass is 495 g/mol. The second-order valence-corrected chi connectivity index (χ2v) is 7.74. The molecule has 3 atom stereocenters. The van der Waals surface area contributed by atoms with Crippen molar-refractivity contribution in [1.82, 2.24) is 20.0 Å². The first kappa shape index (κ1) is 23.1. The Hall–Kier alpha value is -0.160. The molecule has 0 bridgehead atoms. The SMILES string of the molecule is CCNC(=NCC(C)N1CCOCC1C)N1CCC(N2CCOCC2)C1.I. The first-order chi connectivity index (χ1) is 12.7. The Morgan fingerprint density at radius 2 is 1.89 bits per heavy atom. The van der Waals surface area contributed by atoms with Crippen LogP contribution >= 0.6 is 24.0 Å². The molecule has 3 aliphatic heterocycles. The van der Waals surface area contributed by atoms with Crippen molar-refractivity contribution < 1.29 is 9.47 Å². The molecule has 3 aliphatic rings. The lowest BCUT2D eigenvalue weighted by atomic mass is 10.2. The number of morpholine rings is 2. The number of hydrogen-bond donors (Lipinski definition) is 1. The number of hydrogen-bond acceptors (Lipinski definition) is 5. The van der Waals surface area contributed by atoms with E-state index in [0.717, 1.165) is 78.2 Å². The minimum atomic E-state index is 0. The number of nitrogens with zero attached hydrogens (tertiary/aromatic N) is 4. The van der Waals surface area contributed by atoms with Crippen molar-refractivity contribution in [2.75, 3.05) is 72.2 Å². The van der Waals surface area contributed by atoms with E-state index in [1.54, 1.807) is 0 Å². The third-order valence-corrected chi connectivity index (χ3v) is 5.85. The standard InChI is InChI=1S/C19H37N5O2.HI/c1-4-20-19(21-13-16(2)24-9-12-26-15-17(24)3)23-6-5-18(14-23)22-7-10-25-11-8-22;/h16-18H,4-15H2,1-3H3,(H,20,21);1H. The first-order valence-electron chi connectivity index (χ1n) is 10.4. The summed E-state index contributed by atoms with van der Waals surface area (Å²) in [6.07, 6.45) is 1.22. The molecule has 0 amide bonds. The summed E-state index contributed by atoms with van der Waals surface area (Å²) in [4.78, 5) is 12.5. The summed E-state index contributed by atoms with van der Waals surface area (Å²) in [6, 6.07) is 1.56. The molecule has 3 rings (SSSR count). The molecule has 0 aromatic carbocycles. The second kappa shape index (κ2) is 11.7. The summed E-state index contributed by atoms with van der Waals surface area (Å²) < 4.78 is 11.1. The number of rotatable bonds is 5. The highest BCUT2D eigenvalue weighted by Crippen LogP contribution is 2.17. The maximum absolute atomic E-state index is 5.57. The van der Waals surface area contributed by atoms with Crippen LogP contribution in [0.1, 0.15) is 27.2 Å². The molecule has 0 aromatic rings. The van der Waals surface area contributed by atoms with Gasteiger partial charge >= 0.3 is 0 Å². The minimum absolute atomic E-state index is 0. The fraction of sp³-hybridized carbons (Fsp3) is 0.947. The van der Waals surface area contributed by atoms with E-state index in [9.17, 15) is 0 Å². The maximum Gasteiger partial charge on any atom is 0.194 e. The molecular weight excluding hydrogens is 457 g/mol. The predicted octanol–water partition coefficient (Wildman–Crippen LogP) is 1.09. The van der Waals surface area contributed by atoms with Gasteiger partial charge in [0.25, 0.3) is 0 Å². The molecule has 3 unspecified atom stereocenters. The quantitative estimate of drug-likeness (QED) is 0.350. The molecule has 8 heteroatoms. The smallest absolute Gasteiger partial charge is 0.194 e. The molecule has 7 nitrogen and oxygen atoms in total. The van der Waals surface area contributed by atoms with Crippen molar-refractivity contribution in [2.24, 2.45) is 4.99 Å². The maximum atomic E-state index is 5.57. The molecule has 0 spiro atoms. The fourth-order valence-corrected chi connectivity index (χ4v) is 4.32. The first-order valence-corrected chi connectivity index (χ1v) is 10.4. The largest absolute Gasteiger partial charge is 0.379 e. The van der Waals surface area contributed by atoms with Crippen LogP contribution in [0.15, 0.2) is 4.99 Å². The van der Waals surface area contributed by atoms with Gasteiger partial charge in [0.2, 0.25) is 0 Å². The number of guanidine groups is 1. The Kier molecular flexibility index (Phi) is 10.1. The van der Waals surface area contributed by atoms with Crippen LogP contribution in [0.5, 0.6) is 0 Å². The van der Waals surface area contributed by atoms with Gasteiger partial charge in [-0.1, -0.05) is 0 Å². The van der Waals surface area contributed by atoms with E-state index in [1.165, 1.54) is 6.42 Å². The van der Waals surface area contributed by atoms with Crippen molar-refractivity contribution in [3.8, 4) is 0 Å². The molecule has 0 aliphatic carbocycles. The summed E-state index contributed by atoms with van der Waals surface area (Å²) >= 11 is 0. The lowest BCUT2D eigenvalue weighted by molar-refractivity contribution is -0.0166. The van der Waals surface area contributed by atoms with E-state index >= 15 is 0 Å². The zero-order valence-corrected chi connectivity index (χ0v) is 19.6. The van der Waals surface area contributed by atoms with E-state index in [2.05, 4.69) is 40.8 Å². The highest BCUT2D eigenvalue weighted by Gasteiger charge is 2.30. The highest BCUT2D eigenvalue weighted by atomic mass is 127. The molecule has 27 heavy (non-hydrogen) atoms. The van der Waals surface area contributed by atoms with E-state index in [-0.39, 0.29) is 24.0 Å². The summed E-state index contributed by atoms with van der Waals surface area (Å²) in [5, 5.41) is 3.51. The summed E-state index contributed by atoms with van der Waals surface area (Å²) in [7, 11) is 0. The zero-order chi connectivity index (χ0) is 18.4. The lowest BCUT2D eigenvalue weighted by Gasteiger charge is -2.37. The molecule has 0 saturated carbocycles. The average Bonchev–Trinajstić information content (AvgIpc) is 3.16. The molecule has 1 N–H and O–H groups in total. The lowest BCUT2D eigenvalue weighted by Crippen LogP contribution is -2.50. The fourth-order valence-electron chi connectivity index (χ4n) is 4.32. The van der Waals surface area contributed by atoms with E-state index in [4.69, 9.17) is 14.5 Å². The third-order valence-electron chi connectivity index (χ3n) is 5.85. The molecule has 0 radical (unpaired) electrons. The van der Waals surface area contributed by atoms with Crippen molar-refractivity contribution >= 4 is 29.9 Å². The normalized spacial score (nSPS) is 29.4. The van der Waals surface area contributed by atoms with Gasteiger partial charge in [-0.25, -0.2) is 0 Å². The van der Waals surface area contributed by atoms with Crippen LogP contribution in [0.4, 0.5) is 0 Å². The molecule has 0 aromatic heterocycles. The highest BCUT2D eigenvalue weighted by molar-refractivity contribution is 14.0. The van der Waals surface area contributed by atoms with Crippen molar-refractivity contribution in [2.45, 2.75) is 45.3 Å². The van der Waals surface area contributed by atoms with Gasteiger partial charge in [-0.05, 0) is 27.2 Å². The van der Waals surface area contributed by atoms with E-state index < -0.39 is 0 Å². The Morgan fingerprint density at radius 3 is 2.59 bits per heavy atom. The Bertz CT molecular complexity index is 461. The Balaban J connectivity index is 0.00000261. The van der Waals surface area contributed by atoms with Gasteiger partial charge in [0.15, 0.2) is 5.96 Å². The third kappa shape index (κ3) is 6.42. The van der Waals surface area contributed by atoms with Crippen LogP contribution < -0.4 is 5.32 Å². The van der Waals surface area contributed by atoms with Crippen molar-refractivity contribution in [3.05, 3.63) is 0 Å². The van der Waals surface area contributed by atoms with Crippen LogP contribution in [0.3, 0.4) is 0 Å². The second-order valence-electron chi connectivity index (χ2n) is 7.74. The summed E-state index contributed by atoms with van der Waals surface area (Å²) in [6.45, 7) is 17.2. The van der Waals surface area contributed by atoms with Gasteiger partial charge in [-0.2, -0.15) is 0 Å².